The summed E-state index contributed by atoms with van der Waals surface area (Å²) in [6.45, 7) is 2.95. The van der Waals surface area contributed by atoms with Crippen molar-refractivity contribution in [3.8, 4) is 0 Å². The summed E-state index contributed by atoms with van der Waals surface area (Å²) >= 11 is 0. The van der Waals surface area contributed by atoms with Crippen LogP contribution in [0.25, 0.3) is 0 Å². The summed E-state index contributed by atoms with van der Waals surface area (Å²) in [6, 6.07) is 6.77. The van der Waals surface area contributed by atoms with Crippen molar-refractivity contribution < 1.29 is 13.2 Å². The Hall–Kier alpha value is -0.910. The van der Waals surface area contributed by atoms with Crippen molar-refractivity contribution in [2.24, 2.45) is 11.7 Å². The Morgan fingerprint density at radius 3 is 2.33 bits per heavy atom. The maximum Gasteiger partial charge on any atom is 0.180 e. The lowest BCUT2D eigenvalue weighted by molar-refractivity contribution is 0.0286. The third-order valence-electron chi connectivity index (χ3n) is 4.19. The quantitative estimate of drug-likeness (QED) is 0.876. The Balaban J connectivity index is 1.83. The SMILES string of the molecule is CC1CCC(OCCS(=O)(=O)c2ccc(CN)cc2)CC1. The van der Waals surface area contributed by atoms with Gasteiger partial charge in [0.25, 0.3) is 0 Å². The second-order valence-corrected chi connectivity index (χ2v) is 8.03. The molecule has 0 aromatic heterocycles. The molecular weight excluding hydrogens is 286 g/mol. The maximum atomic E-state index is 12.2. The molecule has 0 bridgehead atoms. The van der Waals surface area contributed by atoms with Crippen LogP contribution in [-0.4, -0.2) is 26.9 Å². The van der Waals surface area contributed by atoms with Crippen molar-refractivity contribution in [3.63, 3.8) is 0 Å². The summed E-state index contributed by atoms with van der Waals surface area (Å²) in [5.41, 5.74) is 6.44. The van der Waals surface area contributed by atoms with E-state index in [0.717, 1.165) is 24.3 Å². The average Bonchev–Trinajstić information content (AvgIpc) is 2.49. The van der Waals surface area contributed by atoms with Gasteiger partial charge in [-0.15, -0.1) is 0 Å². The highest BCUT2D eigenvalue weighted by Gasteiger charge is 2.20. The Morgan fingerprint density at radius 2 is 1.76 bits per heavy atom. The number of benzene rings is 1. The topological polar surface area (TPSA) is 69.4 Å². The maximum absolute atomic E-state index is 12.2. The van der Waals surface area contributed by atoms with E-state index in [1.807, 2.05) is 0 Å². The van der Waals surface area contributed by atoms with Crippen molar-refractivity contribution in [2.75, 3.05) is 12.4 Å². The Morgan fingerprint density at radius 1 is 1.14 bits per heavy atom. The minimum atomic E-state index is -3.26. The Bertz CT molecular complexity index is 531. The highest BCUT2D eigenvalue weighted by atomic mass is 32.2. The zero-order valence-corrected chi connectivity index (χ0v) is 13.4. The van der Waals surface area contributed by atoms with Gasteiger partial charge in [0.05, 0.1) is 23.4 Å². The van der Waals surface area contributed by atoms with Gasteiger partial charge in [-0.1, -0.05) is 19.1 Å². The normalized spacial score (nSPS) is 23.1. The standard InChI is InChI=1S/C16H25NO3S/c1-13-2-6-15(7-3-13)20-10-11-21(18,19)16-8-4-14(12-17)5-9-16/h4-5,8-9,13,15H,2-3,6-7,10-12,17H2,1H3. The summed E-state index contributed by atoms with van der Waals surface area (Å²) in [7, 11) is -3.26. The van der Waals surface area contributed by atoms with Gasteiger partial charge in [0.1, 0.15) is 0 Å². The van der Waals surface area contributed by atoms with Crippen molar-refractivity contribution in [1.82, 2.24) is 0 Å². The number of sulfone groups is 1. The second-order valence-electron chi connectivity index (χ2n) is 5.92. The summed E-state index contributed by atoms with van der Waals surface area (Å²) < 4.78 is 30.2. The predicted molar refractivity (Wildman–Crippen MR) is 83.8 cm³/mol. The first kappa shape index (κ1) is 16.5. The first-order valence-electron chi connectivity index (χ1n) is 7.64. The molecule has 0 saturated heterocycles. The van der Waals surface area contributed by atoms with E-state index in [1.165, 1.54) is 12.8 Å². The van der Waals surface area contributed by atoms with Crippen LogP contribution in [0.3, 0.4) is 0 Å². The van der Waals surface area contributed by atoms with Crippen molar-refractivity contribution in [3.05, 3.63) is 29.8 Å². The zero-order valence-electron chi connectivity index (χ0n) is 12.6. The van der Waals surface area contributed by atoms with Gasteiger partial charge in [0, 0.05) is 6.54 Å². The van der Waals surface area contributed by atoms with Crippen LogP contribution in [0, 0.1) is 5.92 Å². The van der Waals surface area contributed by atoms with Gasteiger partial charge in [-0.05, 0) is 49.3 Å². The summed E-state index contributed by atoms with van der Waals surface area (Å²) in [4.78, 5) is 0.348. The molecule has 21 heavy (non-hydrogen) atoms. The van der Waals surface area contributed by atoms with Crippen LogP contribution in [0.4, 0.5) is 0 Å². The molecule has 0 radical (unpaired) electrons. The fourth-order valence-corrected chi connectivity index (χ4v) is 3.77. The van der Waals surface area contributed by atoms with Gasteiger partial charge in [-0.2, -0.15) is 0 Å². The molecule has 1 aromatic carbocycles. The van der Waals surface area contributed by atoms with E-state index in [1.54, 1.807) is 24.3 Å². The van der Waals surface area contributed by atoms with Crippen LogP contribution in [0.5, 0.6) is 0 Å². The number of hydrogen-bond acceptors (Lipinski definition) is 4. The zero-order chi connectivity index (χ0) is 15.3. The highest BCUT2D eigenvalue weighted by Crippen LogP contribution is 2.25. The van der Waals surface area contributed by atoms with Crippen LogP contribution in [0.2, 0.25) is 0 Å². The molecule has 0 unspecified atom stereocenters. The average molecular weight is 311 g/mol. The lowest BCUT2D eigenvalue weighted by atomic mass is 9.89. The summed E-state index contributed by atoms with van der Waals surface area (Å²) in [5.74, 6) is 0.816. The molecule has 2 N–H and O–H groups in total. The fourth-order valence-electron chi connectivity index (χ4n) is 2.67. The Kier molecular flexibility index (Phi) is 5.79. The molecule has 1 saturated carbocycles. The van der Waals surface area contributed by atoms with Crippen LogP contribution in [-0.2, 0) is 21.1 Å². The van der Waals surface area contributed by atoms with Crippen LogP contribution >= 0.6 is 0 Å². The van der Waals surface area contributed by atoms with E-state index >= 15 is 0 Å². The molecule has 0 heterocycles. The lowest BCUT2D eigenvalue weighted by Gasteiger charge is -2.26. The van der Waals surface area contributed by atoms with E-state index in [9.17, 15) is 8.42 Å². The molecule has 5 heteroatoms. The third-order valence-corrected chi connectivity index (χ3v) is 5.88. The number of nitrogens with two attached hydrogens (primary N) is 1. The van der Waals surface area contributed by atoms with Gasteiger partial charge in [0.2, 0.25) is 0 Å². The minimum absolute atomic E-state index is 0.0427. The molecule has 1 aliphatic rings. The molecule has 1 aromatic rings. The lowest BCUT2D eigenvalue weighted by Crippen LogP contribution is -2.23. The third kappa shape index (κ3) is 4.80. The van der Waals surface area contributed by atoms with E-state index in [4.69, 9.17) is 10.5 Å². The van der Waals surface area contributed by atoms with Crippen molar-refractivity contribution >= 4 is 9.84 Å². The molecule has 118 valence electrons. The van der Waals surface area contributed by atoms with Gasteiger partial charge >= 0.3 is 0 Å². The molecule has 0 aliphatic heterocycles. The van der Waals surface area contributed by atoms with Gasteiger partial charge < -0.3 is 10.5 Å². The largest absolute Gasteiger partial charge is 0.377 e. The van der Waals surface area contributed by atoms with Gasteiger partial charge in [-0.25, -0.2) is 8.42 Å². The van der Waals surface area contributed by atoms with Crippen molar-refractivity contribution in [1.29, 1.82) is 0 Å². The minimum Gasteiger partial charge on any atom is -0.377 e. The van der Waals surface area contributed by atoms with Crippen molar-refractivity contribution in [2.45, 2.75) is 50.2 Å². The van der Waals surface area contributed by atoms with Crippen LogP contribution in [0.15, 0.2) is 29.2 Å². The number of hydrogen-bond donors (Lipinski definition) is 1. The summed E-state index contributed by atoms with van der Waals surface area (Å²) in [6.07, 6.45) is 4.69. The van der Waals surface area contributed by atoms with E-state index in [0.29, 0.717) is 11.4 Å². The molecule has 4 nitrogen and oxygen atoms in total. The monoisotopic (exact) mass is 311 g/mol. The highest BCUT2D eigenvalue weighted by molar-refractivity contribution is 7.91. The second kappa shape index (κ2) is 7.38. The van der Waals surface area contributed by atoms with E-state index < -0.39 is 9.84 Å². The van der Waals surface area contributed by atoms with E-state index in [2.05, 4.69) is 6.92 Å². The van der Waals surface area contributed by atoms with Gasteiger partial charge in [0.15, 0.2) is 9.84 Å². The van der Waals surface area contributed by atoms with Crippen LogP contribution < -0.4 is 5.73 Å². The molecule has 1 aliphatic carbocycles. The van der Waals surface area contributed by atoms with Crippen LogP contribution in [0.1, 0.15) is 38.2 Å². The summed E-state index contributed by atoms with van der Waals surface area (Å²) in [5, 5.41) is 0. The fraction of sp³-hybridized carbons (Fsp3) is 0.625. The van der Waals surface area contributed by atoms with E-state index in [-0.39, 0.29) is 18.5 Å². The predicted octanol–water partition coefficient (Wildman–Crippen LogP) is 2.51. The molecule has 1 fully saturated rings. The first-order valence-corrected chi connectivity index (χ1v) is 9.30. The smallest absolute Gasteiger partial charge is 0.180 e. The molecular formula is C16H25NO3S. The molecule has 0 amide bonds. The molecule has 0 atom stereocenters. The number of ether oxygens (including phenoxy) is 1. The first-order chi connectivity index (χ1) is 10.0. The number of rotatable bonds is 6. The molecule has 2 rings (SSSR count). The Labute approximate surface area is 127 Å². The van der Waals surface area contributed by atoms with Gasteiger partial charge in [-0.3, -0.25) is 0 Å². The molecule has 0 spiro atoms.